The molecule has 3 rings (SSSR count). The summed E-state index contributed by atoms with van der Waals surface area (Å²) in [4.78, 5) is 3.81. The molecule has 0 amide bonds. The summed E-state index contributed by atoms with van der Waals surface area (Å²) in [5, 5.41) is 15.1. The summed E-state index contributed by atoms with van der Waals surface area (Å²) in [6, 6.07) is 3.13. The minimum Gasteiger partial charge on any atom is -0.380 e. The summed E-state index contributed by atoms with van der Waals surface area (Å²) >= 11 is 0. The van der Waals surface area contributed by atoms with Gasteiger partial charge in [0.05, 0.1) is 6.54 Å². The monoisotopic (exact) mass is 295 g/mol. The Kier molecular flexibility index (Phi) is 3.26. The zero-order valence-electron chi connectivity index (χ0n) is 11.5. The van der Waals surface area contributed by atoms with Gasteiger partial charge in [0.15, 0.2) is 0 Å². The summed E-state index contributed by atoms with van der Waals surface area (Å²) in [6.07, 6.45) is 3.93. The van der Waals surface area contributed by atoms with Gasteiger partial charge >= 0.3 is 0 Å². The molecule has 0 radical (unpaired) electrons. The second-order valence-corrected chi connectivity index (χ2v) is 5.28. The van der Waals surface area contributed by atoms with Crippen LogP contribution in [-0.2, 0) is 16.9 Å². The van der Waals surface area contributed by atoms with Crippen LogP contribution in [0.3, 0.4) is 0 Å². The van der Waals surface area contributed by atoms with Crippen molar-refractivity contribution in [3.63, 3.8) is 0 Å². The molecular weight excluding hydrogens is 280 g/mol. The van der Waals surface area contributed by atoms with Crippen molar-refractivity contribution in [2.75, 3.05) is 7.11 Å². The summed E-state index contributed by atoms with van der Waals surface area (Å²) < 4.78 is 34.1. The van der Waals surface area contributed by atoms with Crippen molar-refractivity contribution in [2.24, 2.45) is 0 Å². The first kappa shape index (κ1) is 14.1. The van der Waals surface area contributed by atoms with Crippen LogP contribution in [0.1, 0.15) is 18.4 Å². The van der Waals surface area contributed by atoms with Crippen molar-refractivity contribution in [2.45, 2.75) is 30.6 Å². The third-order valence-corrected chi connectivity index (χ3v) is 4.08. The van der Waals surface area contributed by atoms with E-state index in [2.05, 4.69) is 10.1 Å². The number of halogens is 2. The van der Waals surface area contributed by atoms with E-state index in [0.717, 1.165) is 12.1 Å². The van der Waals surface area contributed by atoms with Gasteiger partial charge in [0.25, 0.3) is 0 Å². The van der Waals surface area contributed by atoms with Crippen LogP contribution in [0.25, 0.3) is 0 Å². The van der Waals surface area contributed by atoms with Crippen LogP contribution in [-0.4, -0.2) is 32.6 Å². The Morgan fingerprint density at radius 3 is 2.71 bits per heavy atom. The van der Waals surface area contributed by atoms with Gasteiger partial charge in [0, 0.05) is 18.7 Å². The quantitative estimate of drug-likeness (QED) is 0.910. The van der Waals surface area contributed by atoms with Crippen LogP contribution in [0.4, 0.5) is 8.78 Å². The third kappa shape index (κ3) is 2.22. The molecule has 1 N–H and O–H groups in total. The van der Waals surface area contributed by atoms with Crippen molar-refractivity contribution in [3.8, 4) is 0 Å². The van der Waals surface area contributed by atoms with Crippen LogP contribution >= 0.6 is 0 Å². The highest BCUT2D eigenvalue weighted by atomic mass is 19.1. The number of benzene rings is 1. The van der Waals surface area contributed by atoms with E-state index in [1.165, 1.54) is 30.5 Å². The maximum atomic E-state index is 14.2. The van der Waals surface area contributed by atoms with Gasteiger partial charge in [0.2, 0.25) is 0 Å². The predicted octanol–water partition coefficient (Wildman–Crippen LogP) is 1.62. The van der Waals surface area contributed by atoms with Crippen molar-refractivity contribution < 1.29 is 18.6 Å². The molecule has 5 nitrogen and oxygen atoms in total. The summed E-state index contributed by atoms with van der Waals surface area (Å²) in [6.45, 7) is -0.0244. The van der Waals surface area contributed by atoms with Gasteiger partial charge in [0.1, 0.15) is 35.5 Å². The first-order chi connectivity index (χ1) is 10.0. The van der Waals surface area contributed by atoms with Gasteiger partial charge in [-0.25, -0.2) is 18.4 Å². The Bertz CT molecular complexity index is 644. The summed E-state index contributed by atoms with van der Waals surface area (Å²) in [7, 11) is 1.47. The molecule has 0 bridgehead atoms. The molecule has 0 spiro atoms. The van der Waals surface area contributed by atoms with Crippen molar-refractivity contribution in [1.29, 1.82) is 0 Å². The van der Waals surface area contributed by atoms with Gasteiger partial charge in [-0.15, -0.1) is 0 Å². The molecule has 1 aromatic carbocycles. The zero-order valence-corrected chi connectivity index (χ0v) is 11.5. The maximum absolute atomic E-state index is 14.2. The normalized spacial score (nSPS) is 19.2. The lowest BCUT2D eigenvalue weighted by Crippen LogP contribution is -2.47. The summed E-state index contributed by atoms with van der Waals surface area (Å²) in [5.41, 5.74) is -2.54. The first-order valence-electron chi connectivity index (χ1n) is 6.56. The second-order valence-electron chi connectivity index (χ2n) is 5.28. The number of ether oxygens (including phenoxy) is 1. The average Bonchev–Trinajstić information content (AvgIpc) is 3.11. The number of aliphatic hydroxyl groups is 1. The molecule has 2 aromatic rings. The Morgan fingerprint density at radius 1 is 1.43 bits per heavy atom. The number of aromatic nitrogens is 3. The molecule has 112 valence electrons. The van der Waals surface area contributed by atoms with E-state index in [1.54, 1.807) is 0 Å². The summed E-state index contributed by atoms with van der Waals surface area (Å²) in [5.74, 6) is -1.50. The van der Waals surface area contributed by atoms with Crippen molar-refractivity contribution in [1.82, 2.24) is 14.8 Å². The highest BCUT2D eigenvalue weighted by Gasteiger charge is 2.61. The van der Waals surface area contributed by atoms with E-state index in [9.17, 15) is 13.9 Å². The van der Waals surface area contributed by atoms with E-state index in [0.29, 0.717) is 12.8 Å². The Morgan fingerprint density at radius 2 is 2.19 bits per heavy atom. The Hall–Kier alpha value is -1.86. The standard InChI is InChI=1S/C14H15F2N3O2/c1-21-13(4-5-13)14(20,7-19-9-17-8-18-19)11-3-2-10(15)6-12(11)16/h2-3,6,8-9,20H,4-5,7H2,1H3. The van der Waals surface area contributed by atoms with Gasteiger partial charge in [-0.2, -0.15) is 5.10 Å². The van der Waals surface area contributed by atoms with Crippen LogP contribution < -0.4 is 0 Å². The van der Waals surface area contributed by atoms with Crippen LogP contribution in [0.2, 0.25) is 0 Å². The minimum absolute atomic E-state index is 0.00116. The lowest BCUT2D eigenvalue weighted by molar-refractivity contribution is -0.130. The number of hydrogen-bond acceptors (Lipinski definition) is 4. The van der Waals surface area contributed by atoms with Crippen LogP contribution in [0.5, 0.6) is 0 Å². The van der Waals surface area contributed by atoms with E-state index in [1.807, 2.05) is 0 Å². The molecule has 21 heavy (non-hydrogen) atoms. The lowest BCUT2D eigenvalue weighted by Gasteiger charge is -2.36. The molecule has 0 saturated heterocycles. The molecule has 1 atom stereocenters. The fraction of sp³-hybridized carbons (Fsp3) is 0.429. The molecule has 0 aliphatic heterocycles. The highest BCUT2D eigenvalue weighted by molar-refractivity contribution is 5.31. The smallest absolute Gasteiger partial charge is 0.141 e. The second kappa shape index (κ2) is 4.85. The van der Waals surface area contributed by atoms with Gasteiger partial charge in [-0.05, 0) is 18.9 Å². The molecule has 7 heteroatoms. The van der Waals surface area contributed by atoms with Gasteiger partial charge < -0.3 is 9.84 Å². The van der Waals surface area contributed by atoms with E-state index >= 15 is 0 Å². The average molecular weight is 295 g/mol. The molecule has 1 aliphatic rings. The highest BCUT2D eigenvalue weighted by Crippen LogP contribution is 2.53. The fourth-order valence-electron chi connectivity index (χ4n) is 2.75. The first-order valence-corrected chi connectivity index (χ1v) is 6.56. The largest absolute Gasteiger partial charge is 0.380 e. The molecule has 1 fully saturated rings. The predicted molar refractivity (Wildman–Crippen MR) is 69.3 cm³/mol. The SMILES string of the molecule is COC1(C(O)(Cn2cncn2)c2ccc(F)cc2F)CC1. The van der Waals surface area contributed by atoms with Crippen LogP contribution in [0.15, 0.2) is 30.9 Å². The molecule has 1 aromatic heterocycles. The van der Waals surface area contributed by atoms with Crippen molar-refractivity contribution in [3.05, 3.63) is 48.1 Å². The number of nitrogens with zero attached hydrogens (tertiary/aromatic N) is 3. The van der Waals surface area contributed by atoms with E-state index in [-0.39, 0.29) is 12.1 Å². The maximum Gasteiger partial charge on any atom is 0.141 e. The Balaban J connectivity index is 2.07. The number of rotatable bonds is 5. The minimum atomic E-state index is -1.65. The van der Waals surface area contributed by atoms with E-state index in [4.69, 9.17) is 4.74 Å². The fourth-order valence-corrected chi connectivity index (χ4v) is 2.75. The molecule has 1 unspecified atom stereocenters. The van der Waals surface area contributed by atoms with E-state index < -0.39 is 22.8 Å². The number of hydrogen-bond donors (Lipinski definition) is 1. The molecule has 1 heterocycles. The Labute approximate surface area is 120 Å². The molecular formula is C14H15F2N3O2. The lowest BCUT2D eigenvalue weighted by atomic mass is 9.85. The number of methoxy groups -OCH3 is 1. The molecule has 1 saturated carbocycles. The third-order valence-electron chi connectivity index (χ3n) is 4.08. The van der Waals surface area contributed by atoms with Crippen LogP contribution in [0, 0.1) is 11.6 Å². The van der Waals surface area contributed by atoms with Gasteiger partial charge in [-0.3, -0.25) is 0 Å². The van der Waals surface area contributed by atoms with Gasteiger partial charge in [-0.1, -0.05) is 6.07 Å². The zero-order chi connectivity index (χ0) is 15.1. The topological polar surface area (TPSA) is 60.2 Å². The van der Waals surface area contributed by atoms with Crippen molar-refractivity contribution >= 4 is 0 Å². The molecule has 1 aliphatic carbocycles.